The summed E-state index contributed by atoms with van der Waals surface area (Å²) in [7, 11) is -2.20. The average molecular weight is 298 g/mol. The highest BCUT2D eigenvalue weighted by molar-refractivity contribution is 7.91. The second kappa shape index (κ2) is 4.77. The first kappa shape index (κ1) is 14.8. The van der Waals surface area contributed by atoms with Gasteiger partial charge in [0.15, 0.2) is 9.84 Å². The predicted octanol–water partition coefficient (Wildman–Crippen LogP) is 1.98. The van der Waals surface area contributed by atoms with E-state index in [4.69, 9.17) is 9.47 Å². The summed E-state index contributed by atoms with van der Waals surface area (Å²) in [5.74, 6) is -0.338. The molecular weight excluding hydrogens is 280 g/mol. The molecule has 0 unspecified atom stereocenters. The summed E-state index contributed by atoms with van der Waals surface area (Å²) in [5, 5.41) is 0. The third-order valence-electron chi connectivity index (χ3n) is 3.21. The zero-order chi connectivity index (χ0) is 15.1. The van der Waals surface area contributed by atoms with Crippen molar-refractivity contribution in [3.8, 4) is 5.75 Å². The summed E-state index contributed by atoms with van der Waals surface area (Å²) in [6, 6.07) is 2.99. The van der Waals surface area contributed by atoms with Crippen LogP contribution in [0.15, 0.2) is 17.0 Å². The van der Waals surface area contributed by atoms with E-state index in [0.717, 1.165) is 0 Å². The molecule has 1 heterocycles. The Morgan fingerprint density at radius 3 is 2.60 bits per heavy atom. The number of rotatable bonds is 2. The van der Waals surface area contributed by atoms with Crippen molar-refractivity contribution in [2.45, 2.75) is 37.7 Å². The van der Waals surface area contributed by atoms with E-state index in [-0.39, 0.29) is 16.2 Å². The molecule has 0 aromatic heterocycles. The summed E-state index contributed by atoms with van der Waals surface area (Å²) < 4.78 is 35.1. The van der Waals surface area contributed by atoms with Crippen molar-refractivity contribution >= 4 is 15.8 Å². The van der Waals surface area contributed by atoms with Crippen LogP contribution < -0.4 is 4.74 Å². The minimum atomic E-state index is -3.47. The average Bonchev–Trinajstić information content (AvgIpc) is 2.34. The van der Waals surface area contributed by atoms with Crippen molar-refractivity contribution in [3.63, 3.8) is 0 Å². The summed E-state index contributed by atoms with van der Waals surface area (Å²) in [5.41, 5.74) is 0.216. The topological polar surface area (TPSA) is 69.7 Å². The molecule has 5 nitrogen and oxygen atoms in total. The Bertz CT molecular complexity index is 658. The molecule has 110 valence electrons. The zero-order valence-electron chi connectivity index (χ0n) is 12.0. The van der Waals surface area contributed by atoms with E-state index < -0.39 is 21.4 Å². The van der Waals surface area contributed by atoms with Crippen LogP contribution in [-0.2, 0) is 21.0 Å². The molecule has 1 aromatic carbocycles. The first-order valence-corrected chi connectivity index (χ1v) is 8.02. The van der Waals surface area contributed by atoms with Crippen LogP contribution in [0.5, 0.6) is 5.75 Å². The van der Waals surface area contributed by atoms with E-state index in [1.54, 1.807) is 19.9 Å². The van der Waals surface area contributed by atoms with E-state index in [9.17, 15) is 13.2 Å². The van der Waals surface area contributed by atoms with Crippen molar-refractivity contribution in [1.29, 1.82) is 0 Å². The molecule has 0 saturated carbocycles. The van der Waals surface area contributed by atoms with E-state index in [2.05, 4.69) is 0 Å². The number of esters is 1. The number of carbonyl (C=O) groups is 1. The Kier molecular flexibility index (Phi) is 3.54. The predicted molar refractivity (Wildman–Crippen MR) is 73.9 cm³/mol. The van der Waals surface area contributed by atoms with Crippen LogP contribution in [0, 0.1) is 0 Å². The van der Waals surface area contributed by atoms with Crippen LogP contribution >= 0.6 is 0 Å². The van der Waals surface area contributed by atoms with Gasteiger partial charge in [-0.2, -0.15) is 0 Å². The molecule has 1 aliphatic heterocycles. The van der Waals surface area contributed by atoms with Crippen molar-refractivity contribution in [2.75, 3.05) is 12.9 Å². The SMILES string of the molecule is CCc1cc2c(cc1C(=O)OC)S(=O)(=O)CC(C)(C)O2. The van der Waals surface area contributed by atoms with Gasteiger partial charge in [0, 0.05) is 0 Å². The summed E-state index contributed by atoms with van der Waals surface area (Å²) in [6.45, 7) is 5.34. The van der Waals surface area contributed by atoms with Gasteiger partial charge in [-0.25, -0.2) is 13.2 Å². The third kappa shape index (κ3) is 2.52. The Morgan fingerprint density at radius 1 is 1.40 bits per heavy atom. The lowest BCUT2D eigenvalue weighted by Crippen LogP contribution is -2.41. The molecule has 0 spiro atoms. The van der Waals surface area contributed by atoms with Gasteiger partial charge in [-0.1, -0.05) is 6.92 Å². The molecular formula is C14H18O5S. The van der Waals surface area contributed by atoms with Crippen LogP contribution in [-0.4, -0.2) is 32.9 Å². The maximum atomic E-state index is 12.3. The minimum absolute atomic E-state index is 0.0643. The van der Waals surface area contributed by atoms with Gasteiger partial charge in [-0.05, 0) is 38.0 Å². The molecule has 1 aliphatic rings. The lowest BCUT2D eigenvalue weighted by Gasteiger charge is -2.32. The van der Waals surface area contributed by atoms with Gasteiger partial charge in [-0.15, -0.1) is 0 Å². The second-order valence-corrected chi connectivity index (χ2v) is 7.38. The highest BCUT2D eigenvalue weighted by Gasteiger charge is 2.38. The van der Waals surface area contributed by atoms with Gasteiger partial charge in [0.2, 0.25) is 0 Å². The van der Waals surface area contributed by atoms with Gasteiger partial charge in [-0.3, -0.25) is 0 Å². The molecule has 2 rings (SSSR count). The first-order chi connectivity index (χ1) is 9.20. The summed E-state index contributed by atoms with van der Waals surface area (Å²) >= 11 is 0. The molecule has 0 aliphatic carbocycles. The molecule has 0 amide bonds. The van der Waals surface area contributed by atoms with E-state index in [0.29, 0.717) is 17.7 Å². The zero-order valence-corrected chi connectivity index (χ0v) is 12.8. The molecule has 0 saturated heterocycles. The molecule has 0 atom stereocenters. The fraction of sp³-hybridized carbons (Fsp3) is 0.500. The number of sulfone groups is 1. The van der Waals surface area contributed by atoms with Crippen LogP contribution in [0.1, 0.15) is 36.7 Å². The molecule has 0 fully saturated rings. The number of carbonyl (C=O) groups excluding carboxylic acids is 1. The number of fused-ring (bicyclic) bond motifs is 1. The van der Waals surface area contributed by atoms with Gasteiger partial charge >= 0.3 is 5.97 Å². The van der Waals surface area contributed by atoms with Crippen molar-refractivity contribution in [1.82, 2.24) is 0 Å². The lowest BCUT2D eigenvalue weighted by molar-refractivity contribution is 0.0599. The Morgan fingerprint density at radius 2 is 2.05 bits per heavy atom. The normalized spacial score (nSPS) is 18.8. The molecule has 6 heteroatoms. The number of hydrogen-bond acceptors (Lipinski definition) is 5. The Balaban J connectivity index is 2.69. The van der Waals surface area contributed by atoms with Crippen LogP contribution in [0.3, 0.4) is 0 Å². The maximum absolute atomic E-state index is 12.3. The molecule has 0 bridgehead atoms. The quantitative estimate of drug-likeness (QED) is 0.781. The smallest absolute Gasteiger partial charge is 0.338 e. The largest absolute Gasteiger partial charge is 0.485 e. The van der Waals surface area contributed by atoms with Crippen LogP contribution in [0.25, 0.3) is 0 Å². The van der Waals surface area contributed by atoms with Gasteiger partial charge in [0.1, 0.15) is 16.2 Å². The minimum Gasteiger partial charge on any atom is -0.485 e. The van der Waals surface area contributed by atoms with Crippen molar-refractivity contribution < 1.29 is 22.7 Å². The van der Waals surface area contributed by atoms with Gasteiger partial charge in [0.05, 0.1) is 18.4 Å². The number of methoxy groups -OCH3 is 1. The van der Waals surface area contributed by atoms with Gasteiger partial charge in [0.25, 0.3) is 0 Å². The molecule has 0 radical (unpaired) electrons. The van der Waals surface area contributed by atoms with Crippen LogP contribution in [0.2, 0.25) is 0 Å². The summed E-state index contributed by atoms with van der Waals surface area (Å²) in [4.78, 5) is 11.8. The summed E-state index contributed by atoms with van der Waals surface area (Å²) in [6.07, 6.45) is 0.585. The standard InChI is InChI=1S/C14H18O5S/c1-5-9-6-11-12(7-10(9)13(15)18-4)20(16,17)8-14(2,3)19-11/h6-7H,5,8H2,1-4H3. The van der Waals surface area contributed by atoms with E-state index in [1.807, 2.05) is 6.92 Å². The van der Waals surface area contributed by atoms with E-state index in [1.165, 1.54) is 13.2 Å². The Labute approximate surface area is 118 Å². The fourth-order valence-electron chi connectivity index (χ4n) is 2.38. The first-order valence-electron chi connectivity index (χ1n) is 6.37. The lowest BCUT2D eigenvalue weighted by atomic mass is 10.0. The van der Waals surface area contributed by atoms with E-state index >= 15 is 0 Å². The number of ether oxygens (including phenoxy) is 2. The highest BCUT2D eigenvalue weighted by atomic mass is 32.2. The van der Waals surface area contributed by atoms with Crippen LogP contribution in [0.4, 0.5) is 0 Å². The van der Waals surface area contributed by atoms with Gasteiger partial charge < -0.3 is 9.47 Å². The number of hydrogen-bond donors (Lipinski definition) is 0. The van der Waals surface area contributed by atoms with Crippen molar-refractivity contribution in [3.05, 3.63) is 23.3 Å². The Hall–Kier alpha value is -1.56. The molecule has 0 N–H and O–H groups in total. The number of aryl methyl sites for hydroxylation is 1. The monoisotopic (exact) mass is 298 g/mol. The fourth-order valence-corrected chi connectivity index (χ4v) is 4.21. The molecule has 20 heavy (non-hydrogen) atoms. The second-order valence-electron chi connectivity index (χ2n) is 5.42. The van der Waals surface area contributed by atoms with Crippen molar-refractivity contribution in [2.24, 2.45) is 0 Å². The third-order valence-corrected chi connectivity index (χ3v) is 5.28. The maximum Gasteiger partial charge on any atom is 0.338 e. The number of benzene rings is 1. The highest BCUT2D eigenvalue weighted by Crippen LogP contribution is 2.37. The molecule has 1 aromatic rings.